The van der Waals surface area contributed by atoms with Gasteiger partial charge in [-0.15, -0.1) is 0 Å². The van der Waals surface area contributed by atoms with E-state index in [-0.39, 0.29) is 28.3 Å². The zero-order chi connectivity index (χ0) is 19.2. The van der Waals surface area contributed by atoms with Crippen molar-refractivity contribution in [2.75, 3.05) is 19.6 Å². The highest BCUT2D eigenvalue weighted by Crippen LogP contribution is 2.27. The molecule has 27 heavy (non-hydrogen) atoms. The van der Waals surface area contributed by atoms with Crippen molar-refractivity contribution in [2.24, 2.45) is 7.05 Å². The number of piperazine rings is 1. The molecule has 1 aromatic heterocycles. The lowest BCUT2D eigenvalue weighted by molar-refractivity contribution is -0.137. The number of sulfonamides is 1. The number of hydrogen-bond acceptors (Lipinski definition) is 5. The predicted molar refractivity (Wildman–Crippen MR) is 104 cm³/mol. The Morgan fingerprint density at radius 3 is 2.52 bits per heavy atom. The normalized spacial score (nSPS) is 20.5. The van der Waals surface area contributed by atoms with Gasteiger partial charge in [-0.1, -0.05) is 30.6 Å². The van der Waals surface area contributed by atoms with Crippen molar-refractivity contribution in [3.8, 4) is 0 Å². The minimum atomic E-state index is -3.76. The lowest BCUT2D eigenvalue weighted by atomic mass is 9.94. The molecule has 0 atom stereocenters. The molecule has 2 fully saturated rings. The topological polar surface area (TPSA) is 79.7 Å². The summed E-state index contributed by atoms with van der Waals surface area (Å²) in [7, 11) is -2.10. The van der Waals surface area contributed by atoms with Crippen molar-refractivity contribution >= 4 is 37.5 Å². The summed E-state index contributed by atoms with van der Waals surface area (Å²) in [6.07, 6.45) is 5.52. The Kier molecular flexibility index (Phi) is 4.85. The second-order valence-electron chi connectivity index (χ2n) is 7.27. The van der Waals surface area contributed by atoms with E-state index in [0.29, 0.717) is 23.3 Å². The van der Waals surface area contributed by atoms with Crippen LogP contribution in [0.1, 0.15) is 32.1 Å². The summed E-state index contributed by atoms with van der Waals surface area (Å²) in [4.78, 5) is 26.3. The minimum Gasteiger partial charge on any atom is -0.337 e. The summed E-state index contributed by atoms with van der Waals surface area (Å²) in [6.45, 7) is 0.652. The van der Waals surface area contributed by atoms with Crippen LogP contribution in [0.4, 0.5) is 0 Å². The van der Waals surface area contributed by atoms with Crippen molar-refractivity contribution in [3.05, 3.63) is 27.9 Å². The van der Waals surface area contributed by atoms with Crippen LogP contribution in [0.5, 0.6) is 0 Å². The fraction of sp³-hybridized carbons (Fsp3) is 0.556. The molecule has 4 rings (SSSR count). The number of carbonyl (C=O) groups is 1. The summed E-state index contributed by atoms with van der Waals surface area (Å²) in [5.74, 6) is -0.109. The molecular formula is C18H23N3O4S2. The highest BCUT2D eigenvalue weighted by Gasteiger charge is 2.36. The van der Waals surface area contributed by atoms with Crippen LogP contribution in [0.2, 0.25) is 0 Å². The van der Waals surface area contributed by atoms with Gasteiger partial charge in [0.15, 0.2) is 0 Å². The Bertz CT molecular complexity index is 1030. The molecule has 146 valence electrons. The molecule has 2 aliphatic rings. The summed E-state index contributed by atoms with van der Waals surface area (Å²) < 4.78 is 29.5. The first-order valence-electron chi connectivity index (χ1n) is 9.27. The van der Waals surface area contributed by atoms with Crippen LogP contribution in [0.25, 0.3) is 10.2 Å². The molecule has 0 bridgehead atoms. The summed E-state index contributed by atoms with van der Waals surface area (Å²) >= 11 is 1.02. The number of aromatic nitrogens is 1. The third-order valence-corrected chi connectivity index (χ3v) is 8.48. The van der Waals surface area contributed by atoms with Crippen LogP contribution in [0, 0.1) is 0 Å². The average Bonchev–Trinajstić information content (AvgIpc) is 2.96. The monoisotopic (exact) mass is 409 g/mol. The maximum atomic E-state index is 13.0. The van der Waals surface area contributed by atoms with Gasteiger partial charge in [0, 0.05) is 26.2 Å². The summed E-state index contributed by atoms with van der Waals surface area (Å²) in [5, 5.41) is 0. The molecule has 1 aromatic carbocycles. The quantitative estimate of drug-likeness (QED) is 0.774. The number of amides is 1. The first-order chi connectivity index (χ1) is 12.9. The zero-order valence-corrected chi connectivity index (χ0v) is 16.9. The van der Waals surface area contributed by atoms with Gasteiger partial charge in [0.2, 0.25) is 15.9 Å². The van der Waals surface area contributed by atoms with Crippen LogP contribution in [-0.4, -0.2) is 53.8 Å². The van der Waals surface area contributed by atoms with Crippen molar-refractivity contribution in [3.63, 3.8) is 0 Å². The number of carbonyl (C=O) groups excluding carboxylic acids is 1. The Hall–Kier alpha value is -1.71. The molecule has 2 aromatic rings. The molecule has 0 radical (unpaired) electrons. The number of nitrogens with zero attached hydrogens (tertiary/aromatic N) is 3. The van der Waals surface area contributed by atoms with Gasteiger partial charge in [-0.3, -0.25) is 9.59 Å². The Balaban J connectivity index is 1.56. The van der Waals surface area contributed by atoms with Crippen molar-refractivity contribution in [2.45, 2.75) is 43.0 Å². The second-order valence-corrected chi connectivity index (χ2v) is 10.2. The van der Waals surface area contributed by atoms with Crippen LogP contribution in [0.15, 0.2) is 27.9 Å². The van der Waals surface area contributed by atoms with E-state index in [4.69, 9.17) is 0 Å². The molecule has 1 aliphatic carbocycles. The first-order valence-corrected chi connectivity index (χ1v) is 11.5. The Morgan fingerprint density at radius 2 is 1.81 bits per heavy atom. The summed E-state index contributed by atoms with van der Waals surface area (Å²) in [5.41, 5.74) is 0.710. The number of hydrogen-bond donors (Lipinski definition) is 0. The van der Waals surface area contributed by atoms with Gasteiger partial charge in [0.25, 0.3) is 0 Å². The number of thiazole rings is 1. The number of aryl methyl sites for hydroxylation is 1. The standard InChI is InChI=1S/C18H23N3O4S2/c1-19-15-8-7-14(11-16(15)26-18(19)23)27(24,25)20-9-10-21(17(22)12-20)13-5-3-2-4-6-13/h7-8,11,13H,2-6,9-10,12H2,1H3. The molecule has 1 aliphatic heterocycles. The number of fused-ring (bicyclic) bond motifs is 1. The van der Waals surface area contributed by atoms with Gasteiger partial charge >= 0.3 is 4.87 Å². The third-order valence-electron chi connectivity index (χ3n) is 5.64. The van der Waals surface area contributed by atoms with Crippen LogP contribution in [0.3, 0.4) is 0 Å². The van der Waals surface area contributed by atoms with Gasteiger partial charge in [-0.25, -0.2) is 8.42 Å². The van der Waals surface area contributed by atoms with Gasteiger partial charge in [-0.05, 0) is 31.0 Å². The lowest BCUT2D eigenvalue weighted by Gasteiger charge is -2.40. The third kappa shape index (κ3) is 3.32. The molecule has 1 saturated carbocycles. The molecule has 0 unspecified atom stereocenters. The molecule has 7 nitrogen and oxygen atoms in total. The molecule has 0 N–H and O–H groups in total. The molecular weight excluding hydrogens is 386 g/mol. The Morgan fingerprint density at radius 1 is 1.07 bits per heavy atom. The van der Waals surface area contributed by atoms with E-state index >= 15 is 0 Å². The zero-order valence-electron chi connectivity index (χ0n) is 15.3. The molecule has 2 heterocycles. The second kappa shape index (κ2) is 7.03. The number of rotatable bonds is 3. The molecule has 9 heteroatoms. The van der Waals surface area contributed by atoms with Crippen molar-refractivity contribution in [1.82, 2.24) is 13.8 Å². The molecule has 1 saturated heterocycles. The van der Waals surface area contributed by atoms with Gasteiger partial charge in [0.05, 0.1) is 21.7 Å². The first kappa shape index (κ1) is 18.6. The highest BCUT2D eigenvalue weighted by atomic mass is 32.2. The maximum Gasteiger partial charge on any atom is 0.307 e. The van der Waals surface area contributed by atoms with E-state index in [0.717, 1.165) is 37.0 Å². The van der Waals surface area contributed by atoms with Crippen LogP contribution >= 0.6 is 11.3 Å². The number of benzene rings is 1. The SMILES string of the molecule is Cn1c(=O)sc2cc(S(=O)(=O)N3CCN(C4CCCCC4)C(=O)C3)ccc21. The van der Waals surface area contributed by atoms with E-state index in [1.54, 1.807) is 13.1 Å². The minimum absolute atomic E-state index is 0.109. The smallest absolute Gasteiger partial charge is 0.307 e. The highest BCUT2D eigenvalue weighted by molar-refractivity contribution is 7.89. The van der Waals surface area contributed by atoms with E-state index in [2.05, 4.69) is 0 Å². The largest absolute Gasteiger partial charge is 0.337 e. The van der Waals surface area contributed by atoms with Gasteiger partial charge in [-0.2, -0.15) is 4.31 Å². The summed E-state index contributed by atoms with van der Waals surface area (Å²) in [6, 6.07) is 4.96. The van der Waals surface area contributed by atoms with Gasteiger partial charge < -0.3 is 9.47 Å². The lowest BCUT2D eigenvalue weighted by Crippen LogP contribution is -2.55. The van der Waals surface area contributed by atoms with E-state index in [1.807, 2.05) is 4.90 Å². The molecule has 0 spiro atoms. The van der Waals surface area contributed by atoms with Crippen molar-refractivity contribution < 1.29 is 13.2 Å². The van der Waals surface area contributed by atoms with E-state index in [1.165, 1.54) is 27.4 Å². The van der Waals surface area contributed by atoms with Gasteiger partial charge in [0.1, 0.15) is 0 Å². The Labute approximate surface area is 162 Å². The van der Waals surface area contributed by atoms with E-state index < -0.39 is 10.0 Å². The average molecular weight is 410 g/mol. The molecule has 1 amide bonds. The van der Waals surface area contributed by atoms with Crippen molar-refractivity contribution in [1.29, 1.82) is 0 Å². The van der Waals surface area contributed by atoms with Crippen LogP contribution < -0.4 is 4.87 Å². The predicted octanol–water partition coefficient (Wildman–Crippen LogP) is 1.77. The van der Waals surface area contributed by atoms with E-state index in [9.17, 15) is 18.0 Å². The maximum absolute atomic E-state index is 13.0. The van der Waals surface area contributed by atoms with Crippen LogP contribution in [-0.2, 0) is 21.9 Å². The fourth-order valence-corrected chi connectivity index (χ4v) is 6.47. The fourth-order valence-electron chi connectivity index (χ4n) is 4.07.